The van der Waals surface area contributed by atoms with E-state index in [0.717, 1.165) is 0 Å². The summed E-state index contributed by atoms with van der Waals surface area (Å²) in [6, 6.07) is 2.88. The zero-order valence-corrected chi connectivity index (χ0v) is 37.2. The van der Waals surface area contributed by atoms with Crippen LogP contribution >= 0.6 is 191 Å². The summed E-state index contributed by atoms with van der Waals surface area (Å²) in [5.41, 5.74) is -0.733. The van der Waals surface area contributed by atoms with Crippen LogP contribution in [0.25, 0.3) is 0 Å². The Balaban J connectivity index is 2.07. The van der Waals surface area contributed by atoms with Gasteiger partial charge in [0, 0.05) is 53.7 Å². The minimum atomic E-state index is -1.19. The average molecular weight is 1320 g/mol. The Kier molecular flexibility index (Phi) is 13.4. The second kappa shape index (κ2) is 14.9. The number of carbonyl (C=O) groups excluding carboxylic acids is 4. The number of hydrogen-bond donors (Lipinski definition) is 0. The summed E-state index contributed by atoms with van der Waals surface area (Å²) < 4.78 is 15.0. The lowest BCUT2D eigenvalue weighted by molar-refractivity contribution is 0.0354. The van der Waals surface area contributed by atoms with Gasteiger partial charge >= 0.3 is 23.9 Å². The Morgan fingerprint density at radius 3 is 0.950 bits per heavy atom. The molecule has 0 unspecified atom stereocenters. The van der Waals surface area contributed by atoms with Gasteiger partial charge in [-0.2, -0.15) is 0 Å². The molecule has 0 fully saturated rings. The molecule has 0 amide bonds. The van der Waals surface area contributed by atoms with Crippen molar-refractivity contribution in [2.24, 2.45) is 0 Å². The van der Waals surface area contributed by atoms with Gasteiger partial charge in [0.15, 0.2) is 0 Å². The maximum atomic E-state index is 13.4. The first-order valence-electron chi connectivity index (χ1n) is 9.56. The molecule has 40 heavy (non-hydrogen) atoms. The minimum absolute atomic E-state index is 0.0113. The zero-order valence-electron chi connectivity index (χ0n) is 18.1. The lowest BCUT2D eigenvalue weighted by Gasteiger charge is -2.16. The van der Waals surface area contributed by atoms with Crippen molar-refractivity contribution < 1.29 is 28.7 Å². The van der Waals surface area contributed by atoms with Crippen LogP contribution in [-0.2, 0) is 9.47 Å². The minimum Gasteiger partial charge on any atom is -0.386 e. The Morgan fingerprint density at radius 1 is 0.375 bits per heavy atom. The summed E-state index contributed by atoms with van der Waals surface area (Å²) in [6.07, 6.45) is 0. The highest BCUT2D eigenvalue weighted by Gasteiger charge is 2.33. The van der Waals surface area contributed by atoms with E-state index in [4.69, 9.17) is 9.47 Å². The number of esters is 4. The molecule has 0 aliphatic rings. The molecule has 0 heterocycles. The third-order valence-corrected chi connectivity index (χ3v) is 18.8. The van der Waals surface area contributed by atoms with Crippen LogP contribution in [0, 0.1) is 0 Å². The molecular weight excluding hydrogens is 1320 g/mol. The molecule has 3 aromatic carbocycles. The normalized spacial score (nSPS) is 10.9. The predicted octanol–water partition coefficient (Wildman–Crippen LogP) is 12.8. The van der Waals surface area contributed by atoms with Gasteiger partial charge < -0.3 is 9.47 Å². The molecule has 3 rings (SSSR count). The molecule has 0 aliphatic carbocycles. The van der Waals surface area contributed by atoms with E-state index in [0.29, 0.717) is 44.7 Å². The lowest BCUT2D eigenvalue weighted by atomic mass is 10.1. The number of hydrogen-bond acceptors (Lipinski definition) is 6. The predicted molar refractivity (Wildman–Crippen MR) is 191 cm³/mol. The van der Waals surface area contributed by atoms with E-state index in [1.165, 1.54) is 12.1 Å². The van der Waals surface area contributed by atoms with Gasteiger partial charge in [0.1, 0.15) is 0 Å². The highest BCUT2D eigenvalue weighted by atomic mass is 79.9. The number of ether oxygens (including phenoxy) is 2. The Bertz CT molecular complexity index is 1530. The summed E-state index contributed by atoms with van der Waals surface area (Å²) in [5, 5.41) is 0. The maximum absolute atomic E-state index is 13.4. The fraction of sp³-hybridized carbons (Fsp3) is 0. The largest absolute Gasteiger partial charge is 0.386 e. The van der Waals surface area contributed by atoms with Crippen LogP contribution in [-0.4, -0.2) is 23.9 Å². The zero-order chi connectivity index (χ0) is 30.4. The SMILES string of the molecule is O=C(OC(=O)c1c(Br)c(Br)c(Br)c(Br)c1C(=O)OC(=O)c1cc(Br)c(Br)c(Br)c1Br)c1cc(Br)c(Br)c(Br)c1Br. The summed E-state index contributed by atoms with van der Waals surface area (Å²) in [4.78, 5) is 52.8. The van der Waals surface area contributed by atoms with E-state index in [2.05, 4.69) is 191 Å². The van der Waals surface area contributed by atoms with Gasteiger partial charge in [-0.1, -0.05) is 0 Å². The molecule has 0 aromatic heterocycles. The molecule has 18 heteroatoms. The van der Waals surface area contributed by atoms with Crippen molar-refractivity contribution in [3.63, 3.8) is 0 Å². The number of carbonyl (C=O) groups is 4. The monoisotopic (exact) mass is 1310 g/mol. The topological polar surface area (TPSA) is 86.7 Å². The number of rotatable bonds is 4. The van der Waals surface area contributed by atoms with Gasteiger partial charge in [0.2, 0.25) is 0 Å². The van der Waals surface area contributed by atoms with Crippen LogP contribution < -0.4 is 0 Å². The standard InChI is InChI=1S/C22H2Br12O6/c23-5-1-3(9(25)15(31)11(5)27)19(35)39-21(37)7-8(14(30)18(34)17(33)13(7)29)22(38)40-20(36)4-2-6(24)12(28)16(32)10(4)26/h1-2H. The third kappa shape index (κ3) is 7.39. The van der Waals surface area contributed by atoms with Gasteiger partial charge in [0.05, 0.1) is 22.3 Å². The maximum Gasteiger partial charge on any atom is 0.348 e. The van der Waals surface area contributed by atoms with Gasteiger partial charge in [-0.3, -0.25) is 0 Å². The van der Waals surface area contributed by atoms with Crippen LogP contribution in [0.4, 0.5) is 0 Å². The third-order valence-electron chi connectivity index (χ3n) is 4.69. The van der Waals surface area contributed by atoms with Gasteiger partial charge in [-0.05, 0) is 203 Å². The van der Waals surface area contributed by atoms with Crippen molar-refractivity contribution in [1.29, 1.82) is 0 Å². The van der Waals surface area contributed by atoms with E-state index in [9.17, 15) is 19.2 Å². The van der Waals surface area contributed by atoms with Crippen LogP contribution in [0.1, 0.15) is 41.4 Å². The molecule has 6 nitrogen and oxygen atoms in total. The van der Waals surface area contributed by atoms with Crippen LogP contribution in [0.3, 0.4) is 0 Å². The second-order valence-corrected chi connectivity index (χ2v) is 16.7. The van der Waals surface area contributed by atoms with Crippen molar-refractivity contribution in [2.75, 3.05) is 0 Å². The number of halogens is 12. The van der Waals surface area contributed by atoms with E-state index < -0.39 is 23.9 Å². The highest BCUT2D eigenvalue weighted by Crippen LogP contribution is 2.44. The average Bonchev–Trinajstić information content (AvgIpc) is 2.90. The molecule has 0 spiro atoms. The van der Waals surface area contributed by atoms with E-state index in [-0.39, 0.29) is 31.2 Å². The Morgan fingerprint density at radius 2 is 0.650 bits per heavy atom. The van der Waals surface area contributed by atoms with Crippen molar-refractivity contribution in [2.45, 2.75) is 0 Å². The molecule has 0 saturated heterocycles. The first-order valence-corrected chi connectivity index (χ1v) is 19.1. The summed E-state index contributed by atoms with van der Waals surface area (Å²) in [7, 11) is 0. The lowest BCUT2D eigenvalue weighted by Crippen LogP contribution is -2.21. The molecule has 0 atom stereocenters. The fourth-order valence-corrected chi connectivity index (χ4v) is 9.63. The molecule has 210 valence electrons. The van der Waals surface area contributed by atoms with Gasteiger partial charge in [-0.25, -0.2) is 19.2 Å². The second-order valence-electron chi connectivity index (χ2n) is 7.06. The van der Waals surface area contributed by atoms with E-state index in [1.807, 2.05) is 0 Å². The number of benzene rings is 3. The van der Waals surface area contributed by atoms with E-state index in [1.54, 1.807) is 0 Å². The summed E-state index contributed by atoms with van der Waals surface area (Å²) in [6.45, 7) is 0. The van der Waals surface area contributed by atoms with Crippen molar-refractivity contribution in [3.05, 3.63) is 88.1 Å². The molecule has 0 saturated carbocycles. The van der Waals surface area contributed by atoms with Crippen molar-refractivity contribution in [3.8, 4) is 0 Å². The molecule has 3 aromatic rings. The molecule has 0 N–H and O–H groups in total. The van der Waals surface area contributed by atoms with Crippen LogP contribution in [0.15, 0.2) is 65.8 Å². The molecular formula is C22H2Br12O6. The van der Waals surface area contributed by atoms with Gasteiger partial charge in [-0.15, -0.1) is 0 Å². The van der Waals surface area contributed by atoms with Crippen molar-refractivity contribution >= 4 is 215 Å². The summed E-state index contributed by atoms with van der Waals surface area (Å²) in [5.74, 6) is -4.42. The summed E-state index contributed by atoms with van der Waals surface area (Å²) >= 11 is 39.8. The molecule has 0 bridgehead atoms. The molecule has 0 radical (unpaired) electrons. The highest BCUT2D eigenvalue weighted by molar-refractivity contribution is 9.16. The van der Waals surface area contributed by atoms with Crippen LogP contribution in [0.5, 0.6) is 0 Å². The van der Waals surface area contributed by atoms with E-state index >= 15 is 0 Å². The van der Waals surface area contributed by atoms with Crippen molar-refractivity contribution in [1.82, 2.24) is 0 Å². The fourth-order valence-electron chi connectivity index (χ4n) is 2.84. The smallest absolute Gasteiger partial charge is 0.348 e. The first-order chi connectivity index (χ1) is 18.5. The van der Waals surface area contributed by atoms with Gasteiger partial charge in [0.25, 0.3) is 0 Å². The Hall–Kier alpha value is 1.70. The quantitative estimate of drug-likeness (QED) is 0.112. The molecule has 0 aliphatic heterocycles. The Labute approximate surface area is 326 Å². The first kappa shape index (κ1) is 36.2. The van der Waals surface area contributed by atoms with Crippen LogP contribution in [0.2, 0.25) is 0 Å².